The molecule has 2 heterocycles. The van der Waals surface area contributed by atoms with Crippen molar-refractivity contribution in [2.45, 2.75) is 26.3 Å². The Morgan fingerprint density at radius 1 is 1.62 bits per heavy atom. The fourth-order valence-electron chi connectivity index (χ4n) is 1.76. The van der Waals surface area contributed by atoms with E-state index in [1.807, 2.05) is 17.7 Å². The average Bonchev–Trinajstić information content (AvgIpc) is 2.86. The van der Waals surface area contributed by atoms with E-state index >= 15 is 0 Å². The Kier molecular flexibility index (Phi) is 3.21. The Balaban J connectivity index is 2.45. The molecule has 2 aromatic rings. The molecule has 2 rings (SSSR count). The second kappa shape index (κ2) is 4.47. The molecule has 0 saturated heterocycles. The molecule has 0 saturated carbocycles. The van der Waals surface area contributed by atoms with Crippen molar-refractivity contribution >= 4 is 28.8 Å². The third-order valence-electron chi connectivity index (χ3n) is 2.60. The molecule has 2 N–H and O–H groups in total. The predicted octanol–water partition coefficient (Wildman–Crippen LogP) is 3.49. The quantitative estimate of drug-likeness (QED) is 0.913. The van der Waals surface area contributed by atoms with Crippen molar-refractivity contribution in [3.63, 3.8) is 0 Å². The molecular formula is C11H14ClN3S. The standard InChI is InChI=1S/C11H14ClN3S/c1-3-8(9-5-4-6-16-9)15-11(13)10(12)7(2)14-15/h4-6,8H,3,13H2,1-2H3. The Morgan fingerprint density at radius 2 is 2.38 bits per heavy atom. The van der Waals surface area contributed by atoms with Crippen LogP contribution in [0.5, 0.6) is 0 Å². The fourth-order valence-corrected chi connectivity index (χ4v) is 2.78. The maximum absolute atomic E-state index is 6.06. The zero-order chi connectivity index (χ0) is 11.7. The lowest BCUT2D eigenvalue weighted by Crippen LogP contribution is -2.12. The minimum Gasteiger partial charge on any atom is -0.383 e. The van der Waals surface area contributed by atoms with Crippen molar-refractivity contribution in [1.82, 2.24) is 9.78 Å². The monoisotopic (exact) mass is 255 g/mol. The molecular weight excluding hydrogens is 242 g/mol. The minimum atomic E-state index is 0.186. The van der Waals surface area contributed by atoms with Crippen LogP contribution in [0.15, 0.2) is 17.5 Å². The summed E-state index contributed by atoms with van der Waals surface area (Å²) in [7, 11) is 0. The Hall–Kier alpha value is -1.00. The highest BCUT2D eigenvalue weighted by atomic mass is 35.5. The Bertz CT molecular complexity index is 476. The summed E-state index contributed by atoms with van der Waals surface area (Å²) in [4.78, 5) is 1.26. The van der Waals surface area contributed by atoms with Crippen LogP contribution in [0, 0.1) is 6.92 Å². The van der Waals surface area contributed by atoms with Gasteiger partial charge in [-0.15, -0.1) is 11.3 Å². The Morgan fingerprint density at radius 3 is 2.81 bits per heavy atom. The summed E-state index contributed by atoms with van der Waals surface area (Å²) in [6.45, 7) is 3.99. The summed E-state index contributed by atoms with van der Waals surface area (Å²) in [6.07, 6.45) is 0.947. The summed E-state index contributed by atoms with van der Waals surface area (Å²) in [5.74, 6) is 0.555. The van der Waals surface area contributed by atoms with Gasteiger partial charge in [0.1, 0.15) is 10.8 Å². The molecule has 2 aromatic heterocycles. The first-order valence-electron chi connectivity index (χ1n) is 5.18. The van der Waals surface area contributed by atoms with E-state index in [4.69, 9.17) is 17.3 Å². The molecule has 0 aliphatic heterocycles. The number of aromatic nitrogens is 2. The molecule has 0 fully saturated rings. The lowest BCUT2D eigenvalue weighted by atomic mass is 10.2. The first-order chi connectivity index (χ1) is 7.65. The number of anilines is 1. The number of thiophene rings is 1. The summed E-state index contributed by atoms with van der Waals surface area (Å²) < 4.78 is 1.82. The van der Waals surface area contributed by atoms with Crippen molar-refractivity contribution in [2.24, 2.45) is 0 Å². The second-order valence-electron chi connectivity index (χ2n) is 3.67. The van der Waals surface area contributed by atoms with E-state index in [1.54, 1.807) is 11.3 Å². The number of nitrogen functional groups attached to an aromatic ring is 1. The van der Waals surface area contributed by atoms with Crippen molar-refractivity contribution in [3.05, 3.63) is 33.1 Å². The molecule has 1 atom stereocenters. The Labute approximate surface area is 104 Å². The molecule has 86 valence electrons. The topological polar surface area (TPSA) is 43.8 Å². The van der Waals surface area contributed by atoms with Gasteiger partial charge in [-0.05, 0) is 24.8 Å². The van der Waals surface area contributed by atoms with Gasteiger partial charge in [0.15, 0.2) is 0 Å². The van der Waals surface area contributed by atoms with E-state index in [1.165, 1.54) is 4.88 Å². The SMILES string of the molecule is CCC(c1cccs1)n1nc(C)c(Cl)c1N. The summed E-state index contributed by atoms with van der Waals surface area (Å²) in [6, 6.07) is 4.33. The van der Waals surface area contributed by atoms with Crippen LogP contribution in [0.1, 0.15) is 30.0 Å². The molecule has 3 nitrogen and oxygen atoms in total. The van der Waals surface area contributed by atoms with E-state index in [9.17, 15) is 0 Å². The van der Waals surface area contributed by atoms with Gasteiger partial charge in [0.2, 0.25) is 0 Å². The van der Waals surface area contributed by atoms with Gasteiger partial charge < -0.3 is 5.73 Å². The van der Waals surface area contributed by atoms with E-state index in [-0.39, 0.29) is 6.04 Å². The fraction of sp³-hybridized carbons (Fsp3) is 0.364. The van der Waals surface area contributed by atoms with Crippen LogP contribution in [-0.2, 0) is 0 Å². The molecule has 0 aromatic carbocycles. The number of nitrogens with two attached hydrogens (primary N) is 1. The highest BCUT2D eigenvalue weighted by Crippen LogP contribution is 2.32. The zero-order valence-corrected chi connectivity index (χ0v) is 10.8. The molecule has 0 aliphatic rings. The van der Waals surface area contributed by atoms with Gasteiger partial charge in [-0.25, -0.2) is 4.68 Å². The predicted molar refractivity (Wildman–Crippen MR) is 69.1 cm³/mol. The molecule has 0 bridgehead atoms. The van der Waals surface area contributed by atoms with Gasteiger partial charge in [0.05, 0.1) is 11.7 Å². The summed E-state index contributed by atoms with van der Waals surface area (Å²) >= 11 is 7.77. The number of nitrogens with zero attached hydrogens (tertiary/aromatic N) is 2. The molecule has 0 aliphatic carbocycles. The average molecular weight is 256 g/mol. The van der Waals surface area contributed by atoms with Crippen molar-refractivity contribution in [1.29, 1.82) is 0 Å². The van der Waals surface area contributed by atoms with Crippen LogP contribution in [0.4, 0.5) is 5.82 Å². The van der Waals surface area contributed by atoms with Gasteiger partial charge in [-0.1, -0.05) is 24.6 Å². The third kappa shape index (κ3) is 1.83. The number of halogens is 1. The van der Waals surface area contributed by atoms with Crippen LogP contribution in [0.2, 0.25) is 5.02 Å². The van der Waals surface area contributed by atoms with E-state index in [2.05, 4.69) is 23.5 Å². The van der Waals surface area contributed by atoms with Crippen LogP contribution in [0.25, 0.3) is 0 Å². The van der Waals surface area contributed by atoms with E-state index in [0.29, 0.717) is 10.8 Å². The molecule has 0 spiro atoms. The number of rotatable bonds is 3. The maximum atomic E-state index is 6.06. The molecule has 1 unspecified atom stereocenters. The molecule has 0 amide bonds. The second-order valence-corrected chi connectivity index (χ2v) is 5.03. The van der Waals surface area contributed by atoms with Gasteiger partial charge in [-0.3, -0.25) is 0 Å². The summed E-state index contributed by atoms with van der Waals surface area (Å²) in [5, 5.41) is 7.03. The van der Waals surface area contributed by atoms with Crippen molar-refractivity contribution in [2.75, 3.05) is 5.73 Å². The van der Waals surface area contributed by atoms with E-state index in [0.717, 1.165) is 12.1 Å². The number of hydrogen-bond donors (Lipinski definition) is 1. The van der Waals surface area contributed by atoms with Crippen LogP contribution >= 0.6 is 22.9 Å². The number of aryl methyl sites for hydroxylation is 1. The molecule has 5 heteroatoms. The van der Waals surface area contributed by atoms with Gasteiger partial charge in [0.25, 0.3) is 0 Å². The minimum absolute atomic E-state index is 0.186. The summed E-state index contributed by atoms with van der Waals surface area (Å²) in [5.41, 5.74) is 6.75. The van der Waals surface area contributed by atoms with Crippen LogP contribution in [-0.4, -0.2) is 9.78 Å². The third-order valence-corrected chi connectivity index (χ3v) is 4.04. The van der Waals surface area contributed by atoms with Gasteiger partial charge >= 0.3 is 0 Å². The maximum Gasteiger partial charge on any atom is 0.141 e. The van der Waals surface area contributed by atoms with Crippen molar-refractivity contribution < 1.29 is 0 Å². The van der Waals surface area contributed by atoms with Gasteiger partial charge in [0, 0.05) is 4.88 Å². The van der Waals surface area contributed by atoms with Crippen LogP contribution in [0.3, 0.4) is 0 Å². The molecule has 0 radical (unpaired) electrons. The van der Waals surface area contributed by atoms with E-state index < -0.39 is 0 Å². The smallest absolute Gasteiger partial charge is 0.141 e. The number of hydrogen-bond acceptors (Lipinski definition) is 3. The van der Waals surface area contributed by atoms with Crippen LogP contribution < -0.4 is 5.73 Å². The first kappa shape index (κ1) is 11.5. The van der Waals surface area contributed by atoms with Gasteiger partial charge in [-0.2, -0.15) is 5.10 Å². The lowest BCUT2D eigenvalue weighted by Gasteiger charge is -2.15. The molecule has 16 heavy (non-hydrogen) atoms. The highest BCUT2D eigenvalue weighted by Gasteiger charge is 2.19. The zero-order valence-electron chi connectivity index (χ0n) is 9.27. The highest BCUT2D eigenvalue weighted by molar-refractivity contribution is 7.10. The van der Waals surface area contributed by atoms with Crippen molar-refractivity contribution in [3.8, 4) is 0 Å². The lowest BCUT2D eigenvalue weighted by molar-refractivity contribution is 0.521. The normalized spacial score (nSPS) is 12.9. The largest absolute Gasteiger partial charge is 0.383 e. The first-order valence-corrected chi connectivity index (χ1v) is 6.44.